The number of sulfone groups is 1. The van der Waals surface area contributed by atoms with Crippen molar-refractivity contribution in [2.45, 2.75) is 43.4 Å². The highest BCUT2D eigenvalue weighted by molar-refractivity contribution is 7.91. The fourth-order valence-corrected chi connectivity index (χ4v) is 4.30. The molecule has 3 atom stereocenters. The zero-order valence-electron chi connectivity index (χ0n) is 12.6. The van der Waals surface area contributed by atoms with Crippen LogP contribution in [0.3, 0.4) is 0 Å². The molecule has 1 fully saturated rings. The Morgan fingerprint density at radius 2 is 1.86 bits per heavy atom. The van der Waals surface area contributed by atoms with Crippen LogP contribution in [0.4, 0.5) is 0 Å². The number of ketones is 1. The number of hydrogen-bond acceptors (Lipinski definition) is 4. The molecular weight excluding hydrogens is 286 g/mol. The van der Waals surface area contributed by atoms with Crippen LogP contribution in [-0.2, 0) is 20.2 Å². The van der Waals surface area contributed by atoms with E-state index in [0.717, 1.165) is 18.4 Å². The standard InChI is InChI=1S/C16H23NO3S/c1-16(17,13-8-4-3-5-9-13)15(18)12-7-6-10-14(11-12)21(2,19)20/h3-5,8-9,12,14H,6-7,10-11,17H2,1-2H3. The summed E-state index contributed by atoms with van der Waals surface area (Å²) in [5.74, 6) is -0.323. The highest BCUT2D eigenvalue weighted by atomic mass is 32.2. The van der Waals surface area contributed by atoms with Crippen LogP contribution in [0.25, 0.3) is 0 Å². The Labute approximate surface area is 126 Å². The summed E-state index contributed by atoms with van der Waals surface area (Å²) in [6, 6.07) is 9.27. The van der Waals surface area contributed by atoms with Crippen LogP contribution in [-0.4, -0.2) is 25.7 Å². The Balaban J connectivity index is 2.20. The van der Waals surface area contributed by atoms with Gasteiger partial charge in [0.15, 0.2) is 5.78 Å². The summed E-state index contributed by atoms with van der Waals surface area (Å²) >= 11 is 0. The van der Waals surface area contributed by atoms with Gasteiger partial charge in [0.1, 0.15) is 9.84 Å². The second-order valence-electron chi connectivity index (χ2n) is 6.25. The first-order valence-corrected chi connectivity index (χ1v) is 9.26. The summed E-state index contributed by atoms with van der Waals surface area (Å²) in [7, 11) is -3.10. The number of carbonyl (C=O) groups is 1. The van der Waals surface area contributed by atoms with E-state index in [1.165, 1.54) is 6.26 Å². The lowest BCUT2D eigenvalue weighted by atomic mass is 9.76. The maximum absolute atomic E-state index is 12.8. The minimum atomic E-state index is -3.10. The van der Waals surface area contributed by atoms with Gasteiger partial charge in [-0.1, -0.05) is 36.8 Å². The smallest absolute Gasteiger partial charge is 0.159 e. The highest BCUT2D eigenvalue weighted by Gasteiger charge is 2.39. The molecule has 1 aromatic rings. The molecule has 1 saturated carbocycles. The number of benzene rings is 1. The van der Waals surface area contributed by atoms with Crippen LogP contribution in [0.1, 0.15) is 38.2 Å². The number of carbonyl (C=O) groups excluding carboxylic acids is 1. The summed E-state index contributed by atoms with van der Waals surface area (Å²) in [5, 5.41) is -0.410. The van der Waals surface area contributed by atoms with Gasteiger partial charge in [0, 0.05) is 12.2 Å². The summed E-state index contributed by atoms with van der Waals surface area (Å²) in [4.78, 5) is 12.8. The lowest BCUT2D eigenvalue weighted by Gasteiger charge is -2.33. The predicted molar refractivity (Wildman–Crippen MR) is 83.6 cm³/mol. The Morgan fingerprint density at radius 3 is 2.43 bits per heavy atom. The zero-order chi connectivity index (χ0) is 15.7. The lowest BCUT2D eigenvalue weighted by Crippen LogP contribution is -2.47. The van der Waals surface area contributed by atoms with Crippen molar-refractivity contribution in [3.8, 4) is 0 Å². The van der Waals surface area contributed by atoms with E-state index in [0.29, 0.717) is 12.8 Å². The Morgan fingerprint density at radius 1 is 1.24 bits per heavy atom. The molecule has 0 aromatic heterocycles. The fraction of sp³-hybridized carbons (Fsp3) is 0.562. The van der Waals surface area contributed by atoms with Gasteiger partial charge in [-0.25, -0.2) is 8.42 Å². The van der Waals surface area contributed by atoms with Gasteiger partial charge in [-0.3, -0.25) is 4.79 Å². The van der Waals surface area contributed by atoms with Crippen molar-refractivity contribution >= 4 is 15.6 Å². The van der Waals surface area contributed by atoms with Gasteiger partial charge < -0.3 is 5.73 Å². The van der Waals surface area contributed by atoms with Gasteiger partial charge >= 0.3 is 0 Å². The highest BCUT2D eigenvalue weighted by Crippen LogP contribution is 2.33. The summed E-state index contributed by atoms with van der Waals surface area (Å²) < 4.78 is 23.5. The molecule has 1 aromatic carbocycles. The van der Waals surface area contributed by atoms with Crippen molar-refractivity contribution in [2.75, 3.05) is 6.26 Å². The van der Waals surface area contributed by atoms with Gasteiger partial charge in [0.05, 0.1) is 10.8 Å². The number of hydrogen-bond donors (Lipinski definition) is 1. The van der Waals surface area contributed by atoms with Crippen molar-refractivity contribution in [2.24, 2.45) is 11.7 Å². The molecule has 0 amide bonds. The van der Waals surface area contributed by atoms with Gasteiger partial charge in [-0.15, -0.1) is 0 Å². The largest absolute Gasteiger partial charge is 0.315 e. The fourth-order valence-electron chi connectivity index (χ4n) is 3.12. The first kappa shape index (κ1) is 16.2. The second-order valence-corrected chi connectivity index (χ2v) is 8.57. The van der Waals surface area contributed by atoms with Crippen LogP contribution < -0.4 is 5.73 Å². The average molecular weight is 309 g/mol. The molecule has 0 aliphatic heterocycles. The van der Waals surface area contributed by atoms with Gasteiger partial charge in [-0.05, 0) is 31.7 Å². The topological polar surface area (TPSA) is 77.2 Å². The van der Waals surface area contributed by atoms with Gasteiger partial charge in [-0.2, -0.15) is 0 Å². The molecule has 0 bridgehead atoms. The molecule has 2 N–H and O–H groups in total. The lowest BCUT2D eigenvalue weighted by molar-refractivity contribution is -0.128. The van der Waals surface area contributed by atoms with Gasteiger partial charge in [0.25, 0.3) is 0 Å². The summed E-state index contributed by atoms with van der Waals surface area (Å²) in [6.45, 7) is 1.72. The van der Waals surface area contributed by atoms with E-state index in [1.54, 1.807) is 6.92 Å². The first-order valence-electron chi connectivity index (χ1n) is 7.30. The van der Waals surface area contributed by atoms with Crippen molar-refractivity contribution < 1.29 is 13.2 Å². The van der Waals surface area contributed by atoms with Crippen LogP contribution >= 0.6 is 0 Å². The van der Waals surface area contributed by atoms with Crippen LogP contribution in [0.2, 0.25) is 0 Å². The van der Waals surface area contributed by atoms with Crippen LogP contribution in [0.5, 0.6) is 0 Å². The number of Topliss-reactive ketones (excluding diaryl/α,β-unsaturated/α-hetero) is 1. The molecule has 4 nitrogen and oxygen atoms in total. The third-order valence-electron chi connectivity index (χ3n) is 4.49. The zero-order valence-corrected chi connectivity index (χ0v) is 13.4. The van der Waals surface area contributed by atoms with Crippen LogP contribution in [0.15, 0.2) is 30.3 Å². The molecule has 1 aliphatic carbocycles. The minimum Gasteiger partial charge on any atom is -0.315 e. The Kier molecular flexibility index (Phi) is 4.54. The second kappa shape index (κ2) is 5.89. The van der Waals surface area contributed by atoms with Crippen molar-refractivity contribution in [1.82, 2.24) is 0 Å². The molecule has 5 heteroatoms. The number of rotatable bonds is 4. The quantitative estimate of drug-likeness (QED) is 0.923. The van der Waals surface area contributed by atoms with Crippen molar-refractivity contribution in [3.63, 3.8) is 0 Å². The Hall–Kier alpha value is -1.20. The Bertz CT molecular complexity index is 608. The SMILES string of the molecule is CC(N)(C(=O)C1CCCC(S(C)(=O)=O)C1)c1ccccc1. The molecule has 21 heavy (non-hydrogen) atoms. The minimum absolute atomic E-state index is 0.0537. The molecule has 2 rings (SSSR count). The predicted octanol–water partition coefficient (Wildman–Crippen LogP) is 2.03. The van der Waals surface area contributed by atoms with Gasteiger partial charge in [0.2, 0.25) is 0 Å². The molecule has 0 saturated heterocycles. The van der Waals surface area contributed by atoms with Crippen molar-refractivity contribution in [1.29, 1.82) is 0 Å². The molecule has 1 aliphatic rings. The maximum atomic E-state index is 12.8. The molecule has 0 spiro atoms. The van der Waals surface area contributed by atoms with E-state index in [-0.39, 0.29) is 11.7 Å². The molecule has 0 heterocycles. The van der Waals surface area contributed by atoms with Crippen LogP contribution in [0, 0.1) is 5.92 Å². The molecule has 0 radical (unpaired) electrons. The van der Waals surface area contributed by atoms with Crippen molar-refractivity contribution in [3.05, 3.63) is 35.9 Å². The van der Waals surface area contributed by atoms with E-state index in [2.05, 4.69) is 0 Å². The monoisotopic (exact) mass is 309 g/mol. The van der Waals surface area contributed by atoms with E-state index in [1.807, 2.05) is 30.3 Å². The molecular formula is C16H23NO3S. The summed E-state index contributed by atoms with van der Waals surface area (Å²) in [6.07, 6.45) is 3.79. The molecule has 116 valence electrons. The molecule has 3 unspecified atom stereocenters. The maximum Gasteiger partial charge on any atom is 0.159 e. The normalized spacial score (nSPS) is 26.0. The van der Waals surface area contributed by atoms with E-state index in [4.69, 9.17) is 5.73 Å². The number of nitrogens with two attached hydrogens (primary N) is 1. The van der Waals surface area contributed by atoms with E-state index >= 15 is 0 Å². The third kappa shape index (κ3) is 3.52. The first-order chi connectivity index (χ1) is 9.73. The van der Waals surface area contributed by atoms with E-state index < -0.39 is 20.6 Å². The van der Waals surface area contributed by atoms with E-state index in [9.17, 15) is 13.2 Å². The summed E-state index contributed by atoms with van der Waals surface area (Å²) in [5.41, 5.74) is 5.98. The third-order valence-corrected chi connectivity index (χ3v) is 6.13. The average Bonchev–Trinajstić information content (AvgIpc) is 2.46.